The number of hydrogen-bond acceptors (Lipinski definition) is 6. The van der Waals surface area contributed by atoms with Crippen LogP contribution in [0.5, 0.6) is 0 Å². The smallest absolute Gasteiger partial charge is 0.258 e. The number of aryl methyl sites for hydroxylation is 1. The Hall–Kier alpha value is -2.70. The summed E-state index contributed by atoms with van der Waals surface area (Å²) in [6, 6.07) is 3.97. The molecule has 0 spiro atoms. The number of hydrogen-bond donors (Lipinski definition) is 0. The molecule has 1 aliphatic rings. The first-order valence-electron chi connectivity index (χ1n) is 9.11. The molecule has 0 radical (unpaired) electrons. The number of pyridine rings is 1. The lowest BCUT2D eigenvalue weighted by atomic mass is 10.0. The van der Waals surface area contributed by atoms with Crippen molar-refractivity contribution in [2.45, 2.75) is 32.6 Å². The summed E-state index contributed by atoms with van der Waals surface area (Å²) in [5.74, 6) is 3.14. The number of rotatable bonds is 5. The van der Waals surface area contributed by atoms with Crippen LogP contribution in [-0.2, 0) is 13.5 Å². The van der Waals surface area contributed by atoms with Crippen LogP contribution in [0, 0.1) is 5.92 Å². The normalized spacial score (nSPS) is 17.4. The van der Waals surface area contributed by atoms with Gasteiger partial charge in [0.25, 0.3) is 5.89 Å². The Kier molecular flexibility index (Phi) is 4.44. The van der Waals surface area contributed by atoms with Crippen LogP contribution in [0.4, 0.5) is 5.82 Å². The molecule has 4 heterocycles. The van der Waals surface area contributed by atoms with Gasteiger partial charge < -0.3 is 9.42 Å². The fraction of sp³-hybridized carbons (Fsp3) is 0.474. The van der Waals surface area contributed by atoms with Crippen molar-refractivity contribution in [1.82, 2.24) is 24.9 Å². The minimum Gasteiger partial charge on any atom is -0.356 e. The summed E-state index contributed by atoms with van der Waals surface area (Å²) in [5.41, 5.74) is 2.22. The van der Waals surface area contributed by atoms with E-state index in [1.54, 1.807) is 0 Å². The van der Waals surface area contributed by atoms with Gasteiger partial charge in [0.1, 0.15) is 5.82 Å². The van der Waals surface area contributed by atoms with Crippen LogP contribution in [0.3, 0.4) is 0 Å². The summed E-state index contributed by atoms with van der Waals surface area (Å²) in [7, 11) is 1.96. The molecule has 1 aliphatic heterocycles. The molecule has 3 aromatic rings. The van der Waals surface area contributed by atoms with Gasteiger partial charge in [0.05, 0.1) is 6.20 Å². The van der Waals surface area contributed by atoms with E-state index in [0.717, 1.165) is 36.7 Å². The second-order valence-corrected chi connectivity index (χ2v) is 7.34. The molecule has 7 heteroatoms. The molecule has 1 atom stereocenters. The lowest BCUT2D eigenvalue weighted by Crippen LogP contribution is -2.21. The zero-order valence-corrected chi connectivity index (χ0v) is 15.5. The van der Waals surface area contributed by atoms with Crippen LogP contribution in [-0.4, -0.2) is 38.0 Å². The molecule has 7 nitrogen and oxygen atoms in total. The molecule has 0 amide bonds. The average molecular weight is 352 g/mol. The molecule has 4 rings (SSSR count). The van der Waals surface area contributed by atoms with E-state index in [1.165, 1.54) is 12.0 Å². The van der Waals surface area contributed by atoms with Gasteiger partial charge in [-0.3, -0.25) is 4.68 Å². The minimum absolute atomic E-state index is 0.251. The van der Waals surface area contributed by atoms with Crippen molar-refractivity contribution >= 4 is 5.82 Å². The summed E-state index contributed by atoms with van der Waals surface area (Å²) < 4.78 is 7.28. The van der Waals surface area contributed by atoms with E-state index < -0.39 is 0 Å². The zero-order chi connectivity index (χ0) is 18.1. The van der Waals surface area contributed by atoms with E-state index in [2.05, 4.69) is 45.2 Å². The highest BCUT2D eigenvalue weighted by atomic mass is 16.5. The highest BCUT2D eigenvalue weighted by molar-refractivity contribution is 5.59. The first-order valence-corrected chi connectivity index (χ1v) is 9.11. The summed E-state index contributed by atoms with van der Waals surface area (Å²) in [6.07, 6.45) is 8.11. The molecule has 1 saturated heterocycles. The summed E-state index contributed by atoms with van der Waals surface area (Å²) >= 11 is 0. The Morgan fingerprint density at radius 1 is 1.35 bits per heavy atom. The van der Waals surface area contributed by atoms with Crippen molar-refractivity contribution in [2.24, 2.45) is 13.0 Å². The SMILES string of the molecule is CC(C)c1noc(-c2ccnc(N3CCC(Cc4cnn(C)c4)C3)c2)n1. The molecule has 136 valence electrons. The van der Waals surface area contributed by atoms with E-state index in [0.29, 0.717) is 11.8 Å². The highest BCUT2D eigenvalue weighted by Crippen LogP contribution is 2.28. The Bertz CT molecular complexity index is 884. The Balaban J connectivity index is 1.46. The second-order valence-electron chi connectivity index (χ2n) is 7.34. The van der Waals surface area contributed by atoms with Crippen molar-refractivity contribution < 1.29 is 4.52 Å². The molecule has 1 unspecified atom stereocenters. The van der Waals surface area contributed by atoms with Gasteiger partial charge in [-0.2, -0.15) is 10.1 Å². The van der Waals surface area contributed by atoms with Crippen molar-refractivity contribution in [3.63, 3.8) is 0 Å². The predicted octanol–water partition coefficient (Wildman–Crippen LogP) is 3.06. The molecule has 0 aliphatic carbocycles. The molecule has 0 bridgehead atoms. The number of nitrogens with zero attached hydrogens (tertiary/aromatic N) is 6. The average Bonchev–Trinajstić information content (AvgIpc) is 3.36. The van der Waals surface area contributed by atoms with Crippen LogP contribution < -0.4 is 4.90 Å². The second kappa shape index (κ2) is 6.90. The first kappa shape index (κ1) is 16.8. The molecule has 0 saturated carbocycles. The lowest BCUT2D eigenvalue weighted by Gasteiger charge is -2.17. The third-order valence-corrected chi connectivity index (χ3v) is 4.84. The standard InChI is InChI=1S/C19H24N6O/c1-13(2)18-22-19(26-23-18)16-4-6-20-17(9-16)25-7-5-14(12-25)8-15-10-21-24(3)11-15/h4,6,9-11,13-14H,5,7-8,12H2,1-3H3. The van der Waals surface area contributed by atoms with Gasteiger partial charge in [0.15, 0.2) is 5.82 Å². The number of anilines is 1. The van der Waals surface area contributed by atoms with Gasteiger partial charge >= 0.3 is 0 Å². The Labute approximate surface area is 153 Å². The summed E-state index contributed by atoms with van der Waals surface area (Å²) in [4.78, 5) is 11.4. The van der Waals surface area contributed by atoms with Gasteiger partial charge in [-0.25, -0.2) is 4.98 Å². The summed E-state index contributed by atoms with van der Waals surface area (Å²) in [6.45, 7) is 6.13. The quantitative estimate of drug-likeness (QED) is 0.703. The number of aromatic nitrogens is 5. The predicted molar refractivity (Wildman–Crippen MR) is 98.9 cm³/mol. The van der Waals surface area contributed by atoms with Gasteiger partial charge in [-0.15, -0.1) is 0 Å². The van der Waals surface area contributed by atoms with Crippen LogP contribution in [0.25, 0.3) is 11.5 Å². The van der Waals surface area contributed by atoms with E-state index in [1.807, 2.05) is 36.3 Å². The van der Waals surface area contributed by atoms with E-state index in [9.17, 15) is 0 Å². The zero-order valence-electron chi connectivity index (χ0n) is 15.5. The maximum absolute atomic E-state index is 5.42. The monoisotopic (exact) mass is 352 g/mol. The Morgan fingerprint density at radius 3 is 2.96 bits per heavy atom. The van der Waals surface area contributed by atoms with Gasteiger partial charge in [-0.1, -0.05) is 19.0 Å². The van der Waals surface area contributed by atoms with Crippen LogP contribution in [0.2, 0.25) is 0 Å². The third kappa shape index (κ3) is 3.47. The maximum atomic E-state index is 5.42. The topological polar surface area (TPSA) is 72.9 Å². The van der Waals surface area contributed by atoms with Gasteiger partial charge in [0, 0.05) is 44.0 Å². The highest BCUT2D eigenvalue weighted by Gasteiger charge is 2.24. The molecule has 1 fully saturated rings. The fourth-order valence-electron chi connectivity index (χ4n) is 3.43. The maximum Gasteiger partial charge on any atom is 0.258 e. The van der Waals surface area contributed by atoms with Crippen molar-refractivity contribution in [3.8, 4) is 11.5 Å². The third-order valence-electron chi connectivity index (χ3n) is 4.84. The first-order chi connectivity index (χ1) is 12.6. The van der Waals surface area contributed by atoms with E-state index in [-0.39, 0.29) is 5.92 Å². The minimum atomic E-state index is 0.251. The molecule has 0 aromatic carbocycles. The van der Waals surface area contributed by atoms with E-state index in [4.69, 9.17) is 4.52 Å². The van der Waals surface area contributed by atoms with Crippen molar-refractivity contribution in [1.29, 1.82) is 0 Å². The van der Waals surface area contributed by atoms with Gasteiger partial charge in [0.2, 0.25) is 0 Å². The summed E-state index contributed by atoms with van der Waals surface area (Å²) in [5, 5.41) is 8.31. The van der Waals surface area contributed by atoms with E-state index >= 15 is 0 Å². The molecular weight excluding hydrogens is 328 g/mol. The molecule has 3 aromatic heterocycles. The van der Waals surface area contributed by atoms with Crippen LogP contribution in [0.15, 0.2) is 35.2 Å². The van der Waals surface area contributed by atoms with Crippen LogP contribution in [0.1, 0.15) is 37.6 Å². The van der Waals surface area contributed by atoms with Crippen molar-refractivity contribution in [3.05, 3.63) is 42.1 Å². The lowest BCUT2D eigenvalue weighted by molar-refractivity contribution is 0.419. The largest absolute Gasteiger partial charge is 0.356 e. The molecule has 0 N–H and O–H groups in total. The fourth-order valence-corrected chi connectivity index (χ4v) is 3.43. The Morgan fingerprint density at radius 2 is 2.23 bits per heavy atom. The van der Waals surface area contributed by atoms with Gasteiger partial charge in [-0.05, 0) is 36.5 Å². The molecule has 26 heavy (non-hydrogen) atoms. The van der Waals surface area contributed by atoms with Crippen molar-refractivity contribution in [2.75, 3.05) is 18.0 Å². The van der Waals surface area contributed by atoms with Crippen LogP contribution >= 0.6 is 0 Å². The molecular formula is C19H24N6O.